The van der Waals surface area contributed by atoms with Gasteiger partial charge < -0.3 is 4.74 Å². The highest BCUT2D eigenvalue weighted by Gasteiger charge is 2.01. The summed E-state index contributed by atoms with van der Waals surface area (Å²) < 4.78 is 7.05. The average molecular weight is 175 g/mol. The van der Waals surface area contributed by atoms with Gasteiger partial charge >= 0.3 is 0 Å². The van der Waals surface area contributed by atoms with E-state index in [0.717, 1.165) is 5.52 Å². The summed E-state index contributed by atoms with van der Waals surface area (Å²) in [5, 5.41) is 4.06. The van der Waals surface area contributed by atoms with E-state index in [0.29, 0.717) is 12.5 Å². The number of nitrogens with zero attached hydrogens (tertiary/aromatic N) is 3. The van der Waals surface area contributed by atoms with Gasteiger partial charge in [-0.15, -0.1) is 0 Å². The van der Waals surface area contributed by atoms with Gasteiger partial charge in [-0.2, -0.15) is 5.10 Å². The first-order chi connectivity index (χ1) is 6.42. The van der Waals surface area contributed by atoms with Crippen molar-refractivity contribution >= 4 is 5.52 Å². The van der Waals surface area contributed by atoms with Gasteiger partial charge in [0.15, 0.2) is 0 Å². The highest BCUT2D eigenvalue weighted by atomic mass is 16.5. The van der Waals surface area contributed by atoms with Gasteiger partial charge in [-0.25, -0.2) is 9.50 Å². The molecule has 0 aliphatic heterocycles. The molecule has 13 heavy (non-hydrogen) atoms. The fraction of sp³-hybridized carbons (Fsp3) is 0.111. The van der Waals surface area contributed by atoms with Crippen molar-refractivity contribution in [1.29, 1.82) is 0 Å². The Labute approximate surface area is 75.5 Å². The molecule has 4 nitrogen and oxygen atoms in total. The van der Waals surface area contributed by atoms with Crippen LogP contribution in [0.25, 0.3) is 5.52 Å². The van der Waals surface area contributed by atoms with E-state index in [1.165, 1.54) is 0 Å². The average Bonchev–Trinajstić information content (AvgIpc) is 2.62. The van der Waals surface area contributed by atoms with Gasteiger partial charge in [-0.1, -0.05) is 12.7 Å². The molecule has 0 atom stereocenters. The van der Waals surface area contributed by atoms with Gasteiger partial charge in [-0.3, -0.25) is 0 Å². The minimum absolute atomic E-state index is 0.456. The lowest BCUT2D eigenvalue weighted by Crippen LogP contribution is -1.98. The van der Waals surface area contributed by atoms with Gasteiger partial charge in [0.05, 0.1) is 6.20 Å². The minimum atomic E-state index is 0.456. The molecule has 0 aliphatic rings. The third-order valence-corrected chi connectivity index (χ3v) is 1.63. The third-order valence-electron chi connectivity index (χ3n) is 1.63. The molecular weight excluding hydrogens is 166 g/mol. The first kappa shape index (κ1) is 7.79. The third kappa shape index (κ3) is 1.38. The first-order valence-electron chi connectivity index (χ1n) is 3.94. The molecule has 0 spiro atoms. The van der Waals surface area contributed by atoms with Crippen molar-refractivity contribution in [2.45, 2.75) is 0 Å². The van der Waals surface area contributed by atoms with Gasteiger partial charge in [0.2, 0.25) is 5.88 Å². The predicted octanol–water partition coefficient (Wildman–Crippen LogP) is 1.29. The highest BCUT2D eigenvalue weighted by Crippen LogP contribution is 2.14. The summed E-state index contributed by atoms with van der Waals surface area (Å²) in [4.78, 5) is 4.09. The Balaban J connectivity index is 2.42. The number of aromatic nitrogens is 3. The van der Waals surface area contributed by atoms with Crippen LogP contribution in [0, 0.1) is 0 Å². The van der Waals surface area contributed by atoms with Crippen molar-refractivity contribution in [3.05, 3.63) is 37.3 Å². The van der Waals surface area contributed by atoms with Crippen LogP contribution in [0.4, 0.5) is 0 Å². The summed E-state index contributed by atoms with van der Waals surface area (Å²) in [7, 11) is 0. The van der Waals surface area contributed by atoms with Crippen LogP contribution in [0.1, 0.15) is 0 Å². The van der Waals surface area contributed by atoms with Gasteiger partial charge in [0.1, 0.15) is 12.1 Å². The maximum atomic E-state index is 5.34. The Bertz CT molecular complexity index is 421. The zero-order valence-electron chi connectivity index (χ0n) is 7.05. The number of fused-ring (bicyclic) bond motifs is 1. The van der Waals surface area contributed by atoms with E-state index in [4.69, 9.17) is 4.74 Å². The fourth-order valence-corrected chi connectivity index (χ4v) is 1.08. The van der Waals surface area contributed by atoms with Crippen LogP contribution in [-0.4, -0.2) is 21.2 Å². The molecule has 2 aromatic rings. The molecule has 0 radical (unpaired) electrons. The van der Waals surface area contributed by atoms with Crippen molar-refractivity contribution in [2.24, 2.45) is 0 Å². The number of hydrogen-bond acceptors (Lipinski definition) is 3. The zero-order chi connectivity index (χ0) is 9.10. The zero-order valence-corrected chi connectivity index (χ0v) is 7.05. The molecule has 0 amide bonds. The topological polar surface area (TPSA) is 39.4 Å². The lowest BCUT2D eigenvalue weighted by atomic mass is 10.5. The van der Waals surface area contributed by atoms with Crippen LogP contribution in [0.2, 0.25) is 0 Å². The summed E-state index contributed by atoms with van der Waals surface area (Å²) in [6.45, 7) is 4.02. The molecule has 0 aliphatic carbocycles. The van der Waals surface area contributed by atoms with E-state index in [-0.39, 0.29) is 0 Å². The molecule has 2 aromatic heterocycles. The Hall–Kier alpha value is -1.84. The Kier molecular flexibility index (Phi) is 1.96. The summed E-state index contributed by atoms with van der Waals surface area (Å²) in [6, 6.07) is 1.85. The smallest absolute Gasteiger partial charge is 0.240 e. The van der Waals surface area contributed by atoms with Crippen molar-refractivity contribution in [1.82, 2.24) is 14.6 Å². The SMILES string of the molecule is C=CCOc1nccn2nccc12. The molecule has 66 valence electrons. The Morgan fingerprint density at radius 1 is 1.54 bits per heavy atom. The lowest BCUT2D eigenvalue weighted by molar-refractivity contribution is 0.351. The molecule has 0 saturated heterocycles. The van der Waals surface area contributed by atoms with Crippen molar-refractivity contribution in [3.8, 4) is 5.88 Å². The number of rotatable bonds is 3. The van der Waals surface area contributed by atoms with Crippen LogP contribution in [-0.2, 0) is 0 Å². The number of hydrogen-bond donors (Lipinski definition) is 0. The molecule has 4 heteroatoms. The minimum Gasteiger partial charge on any atom is -0.472 e. The maximum Gasteiger partial charge on any atom is 0.240 e. The van der Waals surface area contributed by atoms with E-state index in [1.54, 1.807) is 29.2 Å². The Morgan fingerprint density at radius 3 is 3.31 bits per heavy atom. The lowest BCUT2D eigenvalue weighted by Gasteiger charge is -2.02. The van der Waals surface area contributed by atoms with Crippen LogP contribution < -0.4 is 4.74 Å². The molecule has 0 N–H and O–H groups in total. The molecule has 2 heterocycles. The van der Waals surface area contributed by atoms with Gasteiger partial charge in [0, 0.05) is 12.4 Å². The summed E-state index contributed by atoms with van der Waals surface area (Å²) >= 11 is 0. The Morgan fingerprint density at radius 2 is 2.46 bits per heavy atom. The molecule has 0 unspecified atom stereocenters. The van der Waals surface area contributed by atoms with Gasteiger partial charge in [0.25, 0.3) is 0 Å². The first-order valence-corrected chi connectivity index (χ1v) is 3.94. The van der Waals surface area contributed by atoms with E-state index >= 15 is 0 Å². The van der Waals surface area contributed by atoms with Crippen molar-refractivity contribution in [2.75, 3.05) is 6.61 Å². The van der Waals surface area contributed by atoms with Crippen LogP contribution in [0.3, 0.4) is 0 Å². The molecule has 2 rings (SSSR count). The highest BCUT2D eigenvalue weighted by molar-refractivity contribution is 5.54. The van der Waals surface area contributed by atoms with E-state index in [1.807, 2.05) is 6.07 Å². The second kappa shape index (κ2) is 3.26. The monoisotopic (exact) mass is 175 g/mol. The van der Waals surface area contributed by atoms with E-state index in [2.05, 4.69) is 16.7 Å². The second-order valence-corrected chi connectivity index (χ2v) is 2.49. The van der Waals surface area contributed by atoms with Crippen LogP contribution in [0.15, 0.2) is 37.3 Å². The van der Waals surface area contributed by atoms with E-state index < -0.39 is 0 Å². The normalized spacial score (nSPS) is 10.2. The quantitative estimate of drug-likeness (QED) is 0.660. The fourth-order valence-electron chi connectivity index (χ4n) is 1.08. The summed E-state index contributed by atoms with van der Waals surface area (Å²) in [5.74, 6) is 0.583. The molecule has 0 aromatic carbocycles. The second-order valence-electron chi connectivity index (χ2n) is 2.49. The van der Waals surface area contributed by atoms with Crippen LogP contribution in [0.5, 0.6) is 5.88 Å². The van der Waals surface area contributed by atoms with Crippen LogP contribution >= 0.6 is 0 Å². The maximum absolute atomic E-state index is 5.34. The molecule has 0 fully saturated rings. The molecule has 0 saturated carbocycles. The number of ether oxygens (including phenoxy) is 1. The van der Waals surface area contributed by atoms with Crippen molar-refractivity contribution < 1.29 is 4.74 Å². The summed E-state index contributed by atoms with van der Waals surface area (Å²) in [5.41, 5.74) is 0.865. The predicted molar refractivity (Wildman–Crippen MR) is 48.7 cm³/mol. The molecule has 0 bridgehead atoms. The van der Waals surface area contributed by atoms with E-state index in [9.17, 15) is 0 Å². The van der Waals surface area contributed by atoms with Crippen molar-refractivity contribution in [3.63, 3.8) is 0 Å². The largest absolute Gasteiger partial charge is 0.472 e. The van der Waals surface area contributed by atoms with Gasteiger partial charge in [-0.05, 0) is 6.07 Å². The molecular formula is C9H9N3O. The standard InChI is InChI=1S/C9H9N3O/c1-2-7-13-9-8-3-4-11-12(8)6-5-10-9/h2-6H,1,7H2. The summed E-state index contributed by atoms with van der Waals surface area (Å²) in [6.07, 6.45) is 6.81.